The van der Waals surface area contributed by atoms with Crippen molar-refractivity contribution in [3.8, 4) is 11.8 Å². The van der Waals surface area contributed by atoms with E-state index in [1.807, 2.05) is 0 Å². The number of ether oxygens (including phenoxy) is 3. The van der Waals surface area contributed by atoms with E-state index in [1.54, 1.807) is 24.1 Å². The standard InChI is InChI=1S/C16H20N4O5/c1-22-7-6-12-17-14(25-19-12)10-8-20(9-10)16(21)11-4-5-13(23-2)18-15(11)24-3/h4-5,10H,6-9H2,1-3H3. The molecule has 1 fully saturated rings. The Morgan fingerprint density at radius 1 is 1.24 bits per heavy atom. The van der Waals surface area contributed by atoms with Gasteiger partial charge in [0, 0.05) is 32.7 Å². The second-order valence-electron chi connectivity index (χ2n) is 5.61. The number of methoxy groups -OCH3 is 3. The molecule has 1 aliphatic rings. The Morgan fingerprint density at radius 3 is 2.72 bits per heavy atom. The number of rotatable bonds is 7. The Hall–Kier alpha value is -2.68. The van der Waals surface area contributed by atoms with Crippen LogP contribution in [0.3, 0.4) is 0 Å². The Balaban J connectivity index is 1.62. The molecule has 1 saturated heterocycles. The monoisotopic (exact) mass is 348 g/mol. The highest BCUT2D eigenvalue weighted by Crippen LogP contribution is 2.29. The molecule has 0 atom stereocenters. The molecule has 3 heterocycles. The summed E-state index contributed by atoms with van der Waals surface area (Å²) in [5, 5.41) is 3.92. The second-order valence-corrected chi connectivity index (χ2v) is 5.61. The van der Waals surface area contributed by atoms with Crippen LogP contribution in [0.5, 0.6) is 11.8 Å². The van der Waals surface area contributed by atoms with Gasteiger partial charge in [0.1, 0.15) is 5.56 Å². The molecule has 25 heavy (non-hydrogen) atoms. The van der Waals surface area contributed by atoms with E-state index in [0.717, 1.165) is 0 Å². The molecule has 0 aromatic carbocycles. The van der Waals surface area contributed by atoms with E-state index in [1.165, 1.54) is 14.2 Å². The first-order valence-electron chi connectivity index (χ1n) is 7.86. The van der Waals surface area contributed by atoms with Crippen LogP contribution in [0.2, 0.25) is 0 Å². The predicted octanol–water partition coefficient (Wildman–Crippen LogP) is 0.910. The third-order valence-corrected chi connectivity index (χ3v) is 4.00. The number of hydrogen-bond acceptors (Lipinski definition) is 8. The maximum absolute atomic E-state index is 12.6. The van der Waals surface area contributed by atoms with Crippen LogP contribution in [0, 0.1) is 0 Å². The van der Waals surface area contributed by atoms with Crippen molar-refractivity contribution in [3.05, 3.63) is 29.4 Å². The number of hydrogen-bond donors (Lipinski definition) is 0. The van der Waals surface area contributed by atoms with Gasteiger partial charge in [-0.05, 0) is 6.07 Å². The molecule has 9 heteroatoms. The minimum absolute atomic E-state index is 0.0462. The number of pyridine rings is 1. The number of carbonyl (C=O) groups is 1. The number of amides is 1. The van der Waals surface area contributed by atoms with Gasteiger partial charge in [-0.25, -0.2) is 0 Å². The van der Waals surface area contributed by atoms with Gasteiger partial charge < -0.3 is 23.6 Å². The number of carbonyl (C=O) groups excluding carboxylic acids is 1. The van der Waals surface area contributed by atoms with Gasteiger partial charge in [-0.2, -0.15) is 9.97 Å². The summed E-state index contributed by atoms with van der Waals surface area (Å²) in [6.45, 7) is 1.57. The summed E-state index contributed by atoms with van der Waals surface area (Å²) in [5.74, 6) is 1.70. The molecule has 0 N–H and O–H groups in total. The van der Waals surface area contributed by atoms with Gasteiger partial charge in [0.15, 0.2) is 5.82 Å². The van der Waals surface area contributed by atoms with Gasteiger partial charge in [-0.15, -0.1) is 0 Å². The molecular weight excluding hydrogens is 328 g/mol. The molecule has 1 aliphatic heterocycles. The summed E-state index contributed by atoms with van der Waals surface area (Å²) in [7, 11) is 4.60. The van der Waals surface area contributed by atoms with Crippen molar-refractivity contribution in [1.29, 1.82) is 0 Å². The Labute approximate surface area is 144 Å². The largest absolute Gasteiger partial charge is 0.481 e. The van der Waals surface area contributed by atoms with Crippen LogP contribution in [0.4, 0.5) is 0 Å². The molecule has 134 valence electrons. The van der Waals surface area contributed by atoms with Gasteiger partial charge in [0.25, 0.3) is 5.91 Å². The van der Waals surface area contributed by atoms with E-state index in [4.69, 9.17) is 18.7 Å². The van der Waals surface area contributed by atoms with Crippen molar-refractivity contribution < 1.29 is 23.5 Å². The summed E-state index contributed by atoms with van der Waals surface area (Å²) in [6.07, 6.45) is 0.601. The first-order valence-corrected chi connectivity index (χ1v) is 7.86. The molecule has 1 amide bonds. The summed E-state index contributed by atoms with van der Waals surface area (Å²) in [6, 6.07) is 3.28. The molecule has 9 nitrogen and oxygen atoms in total. The highest BCUT2D eigenvalue weighted by atomic mass is 16.5. The van der Waals surface area contributed by atoms with Gasteiger partial charge in [-0.3, -0.25) is 4.79 Å². The number of likely N-dealkylation sites (tertiary alicyclic amines) is 1. The Kier molecular flexibility index (Phi) is 5.13. The molecule has 0 spiro atoms. The topological polar surface area (TPSA) is 99.8 Å². The maximum atomic E-state index is 12.6. The quantitative estimate of drug-likeness (QED) is 0.728. The first kappa shape index (κ1) is 17.2. The van der Waals surface area contributed by atoms with Gasteiger partial charge >= 0.3 is 0 Å². The van der Waals surface area contributed by atoms with Crippen molar-refractivity contribution in [3.63, 3.8) is 0 Å². The number of aromatic nitrogens is 3. The van der Waals surface area contributed by atoms with Gasteiger partial charge in [-0.1, -0.05) is 5.16 Å². The third kappa shape index (κ3) is 3.55. The molecule has 0 aliphatic carbocycles. The fourth-order valence-corrected chi connectivity index (χ4v) is 2.55. The molecule has 0 radical (unpaired) electrons. The summed E-state index contributed by atoms with van der Waals surface area (Å²) >= 11 is 0. The van der Waals surface area contributed by atoms with E-state index in [0.29, 0.717) is 49.3 Å². The third-order valence-electron chi connectivity index (χ3n) is 4.00. The molecule has 0 saturated carbocycles. The smallest absolute Gasteiger partial charge is 0.259 e. The molecule has 0 unspecified atom stereocenters. The molecular formula is C16H20N4O5. The lowest BCUT2D eigenvalue weighted by molar-refractivity contribution is 0.0565. The SMILES string of the molecule is COCCc1noc(C2CN(C(=O)c3ccc(OC)nc3OC)C2)n1. The zero-order valence-corrected chi connectivity index (χ0v) is 14.4. The van der Waals surface area contributed by atoms with Crippen molar-refractivity contribution >= 4 is 5.91 Å². The van der Waals surface area contributed by atoms with E-state index in [-0.39, 0.29) is 17.7 Å². The summed E-state index contributed by atoms with van der Waals surface area (Å²) in [4.78, 5) is 22.8. The molecule has 2 aromatic heterocycles. The maximum Gasteiger partial charge on any atom is 0.259 e. The average molecular weight is 348 g/mol. The van der Waals surface area contributed by atoms with Crippen LogP contribution in [-0.2, 0) is 11.2 Å². The zero-order valence-electron chi connectivity index (χ0n) is 14.4. The van der Waals surface area contributed by atoms with E-state index in [9.17, 15) is 4.79 Å². The van der Waals surface area contributed by atoms with Gasteiger partial charge in [0.2, 0.25) is 17.7 Å². The summed E-state index contributed by atoms with van der Waals surface area (Å²) < 4.78 is 20.5. The minimum Gasteiger partial charge on any atom is -0.481 e. The zero-order chi connectivity index (χ0) is 17.8. The Bertz CT molecular complexity index is 742. The van der Waals surface area contributed by atoms with Crippen LogP contribution in [0.25, 0.3) is 0 Å². The van der Waals surface area contributed by atoms with Crippen LogP contribution in [0.1, 0.15) is 28.0 Å². The van der Waals surface area contributed by atoms with Crippen LogP contribution in [0.15, 0.2) is 16.7 Å². The summed E-state index contributed by atoms with van der Waals surface area (Å²) in [5.41, 5.74) is 0.396. The highest BCUT2D eigenvalue weighted by molar-refractivity contribution is 5.97. The minimum atomic E-state index is -0.151. The van der Waals surface area contributed by atoms with Crippen LogP contribution >= 0.6 is 0 Å². The van der Waals surface area contributed by atoms with E-state index in [2.05, 4.69) is 15.1 Å². The van der Waals surface area contributed by atoms with E-state index >= 15 is 0 Å². The van der Waals surface area contributed by atoms with Crippen molar-refractivity contribution in [2.24, 2.45) is 0 Å². The van der Waals surface area contributed by atoms with Crippen molar-refractivity contribution in [1.82, 2.24) is 20.0 Å². The molecule has 3 rings (SSSR count). The van der Waals surface area contributed by atoms with Crippen LogP contribution in [-0.4, -0.2) is 67.0 Å². The lowest BCUT2D eigenvalue weighted by Crippen LogP contribution is -2.48. The fourth-order valence-electron chi connectivity index (χ4n) is 2.55. The lowest BCUT2D eigenvalue weighted by atomic mass is 9.99. The highest BCUT2D eigenvalue weighted by Gasteiger charge is 2.37. The Morgan fingerprint density at radius 2 is 2.04 bits per heavy atom. The fraction of sp³-hybridized carbons (Fsp3) is 0.500. The first-order chi connectivity index (χ1) is 12.2. The molecule has 0 bridgehead atoms. The predicted molar refractivity (Wildman–Crippen MR) is 85.9 cm³/mol. The number of nitrogens with zero attached hydrogens (tertiary/aromatic N) is 4. The van der Waals surface area contributed by atoms with Crippen molar-refractivity contribution in [2.45, 2.75) is 12.3 Å². The second kappa shape index (κ2) is 7.47. The van der Waals surface area contributed by atoms with Gasteiger partial charge in [0.05, 0.1) is 26.7 Å². The van der Waals surface area contributed by atoms with Crippen LogP contribution < -0.4 is 9.47 Å². The normalized spacial score (nSPS) is 14.3. The average Bonchev–Trinajstić information content (AvgIpc) is 3.06. The lowest BCUT2D eigenvalue weighted by Gasteiger charge is -2.37. The molecule has 2 aromatic rings. The van der Waals surface area contributed by atoms with Crippen molar-refractivity contribution in [2.75, 3.05) is 41.0 Å². The van der Waals surface area contributed by atoms with E-state index < -0.39 is 0 Å².